The predicted octanol–water partition coefficient (Wildman–Crippen LogP) is -0.845. The van der Waals surface area contributed by atoms with Gasteiger partial charge in [-0.25, -0.2) is 9.97 Å². The molecule has 1 saturated carbocycles. The first-order chi connectivity index (χ1) is 11.3. The molecule has 7 N–H and O–H groups in total. The molecule has 0 saturated heterocycles. The molecule has 1 aromatic rings. The van der Waals surface area contributed by atoms with Crippen molar-refractivity contribution in [2.75, 3.05) is 5.32 Å². The number of aliphatic imine (C=N–C) groups is 1. The highest BCUT2D eigenvalue weighted by molar-refractivity contribution is 7.78. The Hall–Kier alpha value is -2.62. The lowest BCUT2D eigenvalue weighted by atomic mass is 10.3. The molecule has 2 rings (SSSR count). The summed E-state index contributed by atoms with van der Waals surface area (Å²) in [6.45, 7) is 1.57. The molecule has 0 aliphatic heterocycles. The number of carbonyl (C=O) groups excluding carboxylic acids is 2. The molecule has 128 valence electrons. The zero-order valence-electron chi connectivity index (χ0n) is 13.1. The Morgan fingerprint density at radius 1 is 1.42 bits per heavy atom. The molecule has 10 heteroatoms. The quantitative estimate of drug-likeness (QED) is 0.284. The van der Waals surface area contributed by atoms with Gasteiger partial charge in [0.2, 0.25) is 11.0 Å². The molecule has 0 radical (unpaired) electrons. The summed E-state index contributed by atoms with van der Waals surface area (Å²) in [4.78, 5) is 34.9. The molecular formula is C14H20N7O2S+. The van der Waals surface area contributed by atoms with Crippen LogP contribution in [0.3, 0.4) is 0 Å². The second-order valence-electron chi connectivity index (χ2n) is 5.48. The largest absolute Gasteiger partial charge is 0.402 e. The van der Waals surface area contributed by atoms with Gasteiger partial charge in [-0.1, -0.05) is 0 Å². The van der Waals surface area contributed by atoms with Crippen molar-refractivity contribution in [2.24, 2.45) is 28.1 Å². The van der Waals surface area contributed by atoms with Crippen LogP contribution in [0.2, 0.25) is 0 Å². The van der Waals surface area contributed by atoms with E-state index in [0.717, 1.165) is 12.8 Å². The van der Waals surface area contributed by atoms with Gasteiger partial charge in [0.15, 0.2) is 11.5 Å². The van der Waals surface area contributed by atoms with Crippen LogP contribution in [-0.4, -0.2) is 32.9 Å². The number of nitrogens with one attached hydrogen (secondary N) is 1. The lowest BCUT2D eigenvalue weighted by Crippen LogP contribution is -2.32. The Morgan fingerprint density at radius 2 is 2.08 bits per heavy atom. The molecule has 2 amide bonds. The molecule has 0 unspecified atom stereocenters. The normalized spacial score (nSPS) is 16.6. The van der Waals surface area contributed by atoms with E-state index in [4.69, 9.17) is 17.2 Å². The van der Waals surface area contributed by atoms with Gasteiger partial charge in [-0.15, -0.1) is 0 Å². The van der Waals surface area contributed by atoms with E-state index in [1.54, 1.807) is 13.0 Å². The number of primary amides is 2. The smallest absolute Gasteiger partial charge is 0.271 e. The highest BCUT2D eigenvalue weighted by Gasteiger charge is 2.24. The molecular weight excluding hydrogens is 330 g/mol. The number of hydrogen-bond acceptors (Lipinski definition) is 7. The van der Waals surface area contributed by atoms with Crippen LogP contribution in [-0.2, 0) is 17.4 Å². The predicted molar refractivity (Wildman–Crippen MR) is 95.1 cm³/mol. The highest BCUT2D eigenvalue weighted by atomic mass is 32.1. The van der Waals surface area contributed by atoms with Crippen LogP contribution >= 0.6 is 0 Å². The number of hydrogen-bond donors (Lipinski definition) is 4. The standard InChI is InChI=1S/C14H19N7O2S/c1-6(12(16)22)19-9-5-18-11(13(17)23)14(20-9)21-10(24)4-8(15)7-2-3-7/h4-7H,2-3,15H2,1H3,(H2,16,22)(H2,17,23)(H2,19,20,21,24)/p+1/t6-/m1/s1. The van der Waals surface area contributed by atoms with Gasteiger partial charge in [0.05, 0.1) is 6.20 Å². The maximum absolute atomic E-state index is 11.5. The fraction of sp³-hybridized carbons (Fsp3) is 0.357. The molecule has 0 aromatic carbocycles. The third-order valence-electron chi connectivity index (χ3n) is 3.36. The Morgan fingerprint density at radius 3 is 2.62 bits per heavy atom. The first-order valence-electron chi connectivity index (χ1n) is 7.28. The maximum Gasteiger partial charge on any atom is 0.271 e. The van der Waals surface area contributed by atoms with E-state index >= 15 is 0 Å². The Balaban J connectivity index is 2.32. The highest BCUT2D eigenvalue weighted by Crippen LogP contribution is 2.33. The zero-order chi connectivity index (χ0) is 17.9. The number of anilines is 1. The van der Waals surface area contributed by atoms with E-state index < -0.39 is 17.9 Å². The number of carbonyl (C=O) groups is 2. The third kappa shape index (κ3) is 4.69. The topological polar surface area (TPSA) is 162 Å². The summed E-state index contributed by atoms with van der Waals surface area (Å²) in [5, 5.41) is 3.15. The number of rotatable bonds is 7. The molecule has 1 aliphatic carbocycles. The van der Waals surface area contributed by atoms with Crippen molar-refractivity contribution in [1.29, 1.82) is 0 Å². The molecule has 0 spiro atoms. The Labute approximate surface area is 144 Å². The maximum atomic E-state index is 11.5. The van der Waals surface area contributed by atoms with Gasteiger partial charge in [-0.3, -0.25) is 9.59 Å². The fourth-order valence-electron chi connectivity index (χ4n) is 1.83. The van der Waals surface area contributed by atoms with Crippen LogP contribution in [0.25, 0.3) is 0 Å². The molecule has 1 heterocycles. The van der Waals surface area contributed by atoms with Crippen molar-refractivity contribution in [3.05, 3.63) is 23.7 Å². The van der Waals surface area contributed by atoms with Crippen LogP contribution < -0.4 is 22.5 Å². The third-order valence-corrected chi connectivity index (χ3v) is 3.61. The Bertz CT molecular complexity index is 728. The SMILES string of the molecule is C[C@@H](Nc1cnc(C(N)=O)c(N=C([SH2+])C=C(N)C2CC2)n1)C(N)=O. The summed E-state index contributed by atoms with van der Waals surface area (Å²) < 4.78 is 0. The van der Waals surface area contributed by atoms with Crippen molar-refractivity contribution >= 4 is 41.1 Å². The first-order valence-corrected chi connectivity index (χ1v) is 7.78. The number of amides is 2. The minimum absolute atomic E-state index is 0.00835. The summed E-state index contributed by atoms with van der Waals surface area (Å²) in [6.07, 6.45) is 5.05. The first kappa shape index (κ1) is 17.7. The van der Waals surface area contributed by atoms with Crippen molar-refractivity contribution in [3.63, 3.8) is 0 Å². The monoisotopic (exact) mass is 350 g/mol. The van der Waals surface area contributed by atoms with E-state index in [2.05, 4.69) is 32.9 Å². The summed E-state index contributed by atoms with van der Waals surface area (Å²) in [5.41, 5.74) is 17.0. The van der Waals surface area contributed by atoms with Crippen LogP contribution in [0.4, 0.5) is 11.6 Å². The number of allylic oxidation sites excluding steroid dienone is 1. The zero-order valence-corrected chi connectivity index (χ0v) is 14.1. The molecule has 1 aliphatic rings. The summed E-state index contributed by atoms with van der Waals surface area (Å²) in [7, 11) is 0. The van der Waals surface area contributed by atoms with Gasteiger partial charge in [0, 0.05) is 24.4 Å². The van der Waals surface area contributed by atoms with Gasteiger partial charge < -0.3 is 22.5 Å². The molecule has 1 aromatic heterocycles. The molecule has 1 fully saturated rings. The summed E-state index contributed by atoms with van der Waals surface area (Å²) >= 11 is 3.33. The number of nitrogens with two attached hydrogens (primary N) is 3. The average molecular weight is 350 g/mol. The minimum atomic E-state index is -0.769. The van der Waals surface area contributed by atoms with Crippen LogP contribution in [0.1, 0.15) is 30.3 Å². The van der Waals surface area contributed by atoms with Gasteiger partial charge in [0.25, 0.3) is 5.91 Å². The summed E-state index contributed by atoms with van der Waals surface area (Å²) in [6, 6.07) is -0.663. The van der Waals surface area contributed by atoms with E-state index in [1.165, 1.54) is 6.20 Å². The van der Waals surface area contributed by atoms with Gasteiger partial charge in [0.1, 0.15) is 11.9 Å². The van der Waals surface area contributed by atoms with Crippen molar-refractivity contribution in [2.45, 2.75) is 25.8 Å². The molecule has 24 heavy (non-hydrogen) atoms. The number of aromatic nitrogens is 2. The van der Waals surface area contributed by atoms with Crippen molar-refractivity contribution in [1.82, 2.24) is 9.97 Å². The van der Waals surface area contributed by atoms with Crippen molar-refractivity contribution in [3.8, 4) is 0 Å². The summed E-state index contributed by atoms with van der Waals surface area (Å²) in [5.74, 6) is -0.702. The Kier molecular flexibility index (Phi) is 5.39. The molecule has 9 nitrogen and oxygen atoms in total. The minimum Gasteiger partial charge on any atom is -0.402 e. The molecule has 0 bridgehead atoms. The van der Waals surface area contributed by atoms with E-state index in [1.807, 2.05) is 0 Å². The molecule has 1 atom stereocenters. The lowest BCUT2D eigenvalue weighted by Gasteiger charge is -2.11. The van der Waals surface area contributed by atoms with Crippen molar-refractivity contribution < 1.29 is 9.59 Å². The van der Waals surface area contributed by atoms with Gasteiger partial charge in [-0.05, 0) is 25.7 Å². The fourth-order valence-corrected chi connectivity index (χ4v) is 2.10. The average Bonchev–Trinajstić information content (AvgIpc) is 3.31. The van der Waals surface area contributed by atoms with Crippen LogP contribution in [0.5, 0.6) is 0 Å². The van der Waals surface area contributed by atoms with Crippen LogP contribution in [0.15, 0.2) is 23.0 Å². The van der Waals surface area contributed by atoms with Crippen LogP contribution in [0, 0.1) is 5.92 Å². The second-order valence-corrected chi connectivity index (χ2v) is 5.99. The lowest BCUT2D eigenvalue weighted by molar-refractivity contribution is -0.118. The van der Waals surface area contributed by atoms with E-state index in [0.29, 0.717) is 16.7 Å². The van der Waals surface area contributed by atoms with E-state index in [9.17, 15) is 9.59 Å². The van der Waals surface area contributed by atoms with E-state index in [-0.39, 0.29) is 17.3 Å². The van der Waals surface area contributed by atoms with Gasteiger partial charge >= 0.3 is 0 Å². The van der Waals surface area contributed by atoms with Gasteiger partial charge in [-0.2, -0.15) is 4.99 Å². The second kappa shape index (κ2) is 7.30. The number of nitrogens with zero attached hydrogens (tertiary/aromatic N) is 3.